The van der Waals surface area contributed by atoms with Gasteiger partial charge in [-0.1, -0.05) is 0 Å². The number of rotatable bonds is 5. The van der Waals surface area contributed by atoms with Gasteiger partial charge in [0.25, 0.3) is 10.0 Å². The first-order valence-electron chi connectivity index (χ1n) is 9.59. The number of hydrogen-bond donors (Lipinski definition) is 1. The zero-order valence-electron chi connectivity index (χ0n) is 16.6. The lowest BCUT2D eigenvalue weighted by molar-refractivity contribution is -0.141. The molecule has 9 nitrogen and oxygen atoms in total. The molecule has 1 atom stereocenters. The minimum atomic E-state index is -3.85. The number of carbonyl (C=O) groups is 3. The van der Waals surface area contributed by atoms with E-state index in [0.717, 1.165) is 5.56 Å². The SMILES string of the molecule is COC(=O)c1ccc2c(c1)CCN2S(=O)(=O)c1ccc(N2CC(C(=O)O)CC2=O)cc1. The standard InChI is InChI=1S/C21H20N2O7S/c1-30-21(27)14-2-7-18-13(10-14)8-9-23(18)31(28,29)17-5-3-16(4-6-17)22-12-15(20(25)26)11-19(22)24/h2-7,10,15H,8-9,11-12H2,1H3,(H,25,26). The highest BCUT2D eigenvalue weighted by Crippen LogP contribution is 2.34. The predicted octanol–water partition coefficient (Wildman–Crippen LogP) is 1.66. The van der Waals surface area contributed by atoms with Crippen LogP contribution in [0.15, 0.2) is 47.4 Å². The molecule has 0 spiro atoms. The second kappa shape index (κ2) is 7.69. The molecular weight excluding hydrogens is 424 g/mol. The first-order valence-corrected chi connectivity index (χ1v) is 11.0. The average Bonchev–Trinajstić information content (AvgIpc) is 3.36. The molecule has 0 saturated carbocycles. The number of aliphatic carboxylic acids is 1. The molecule has 1 saturated heterocycles. The van der Waals surface area contributed by atoms with Crippen LogP contribution in [0.2, 0.25) is 0 Å². The minimum Gasteiger partial charge on any atom is -0.481 e. The molecule has 0 radical (unpaired) electrons. The van der Waals surface area contributed by atoms with E-state index in [9.17, 15) is 22.8 Å². The molecule has 31 heavy (non-hydrogen) atoms. The van der Waals surface area contributed by atoms with Gasteiger partial charge >= 0.3 is 11.9 Å². The molecule has 1 fully saturated rings. The van der Waals surface area contributed by atoms with Gasteiger partial charge in [-0.25, -0.2) is 13.2 Å². The maximum absolute atomic E-state index is 13.2. The Morgan fingerprint density at radius 2 is 1.84 bits per heavy atom. The molecule has 2 aliphatic rings. The Balaban J connectivity index is 1.58. The number of methoxy groups -OCH3 is 1. The van der Waals surface area contributed by atoms with Gasteiger partial charge in [0.15, 0.2) is 0 Å². The van der Waals surface area contributed by atoms with Crippen LogP contribution in [0.25, 0.3) is 0 Å². The molecule has 10 heteroatoms. The second-order valence-corrected chi connectivity index (χ2v) is 9.26. The number of anilines is 2. The second-order valence-electron chi connectivity index (χ2n) is 7.40. The number of carboxylic acids is 1. The summed E-state index contributed by atoms with van der Waals surface area (Å²) in [5, 5.41) is 9.12. The normalized spacial score (nSPS) is 18.2. The van der Waals surface area contributed by atoms with Crippen LogP contribution in [-0.2, 0) is 30.8 Å². The van der Waals surface area contributed by atoms with Crippen molar-refractivity contribution in [3.05, 3.63) is 53.6 Å². The van der Waals surface area contributed by atoms with Crippen LogP contribution in [-0.4, -0.2) is 51.6 Å². The fourth-order valence-electron chi connectivity index (χ4n) is 3.91. The number of hydrogen-bond acceptors (Lipinski definition) is 6. The summed E-state index contributed by atoms with van der Waals surface area (Å²) in [6.45, 7) is 0.303. The van der Waals surface area contributed by atoms with E-state index >= 15 is 0 Å². The van der Waals surface area contributed by atoms with Crippen molar-refractivity contribution < 1.29 is 32.6 Å². The molecule has 4 rings (SSSR count). The number of amides is 1. The topological polar surface area (TPSA) is 121 Å². The average molecular weight is 444 g/mol. The van der Waals surface area contributed by atoms with E-state index in [1.165, 1.54) is 46.6 Å². The quantitative estimate of drug-likeness (QED) is 0.696. The summed E-state index contributed by atoms with van der Waals surface area (Å²) in [6, 6.07) is 10.6. The molecule has 1 amide bonds. The molecule has 2 heterocycles. The van der Waals surface area contributed by atoms with Crippen molar-refractivity contribution in [3.63, 3.8) is 0 Å². The number of esters is 1. The number of fused-ring (bicyclic) bond motifs is 1. The number of ether oxygens (including phenoxy) is 1. The van der Waals surface area contributed by atoms with E-state index in [-0.39, 0.29) is 30.3 Å². The van der Waals surface area contributed by atoms with Crippen LogP contribution in [0.4, 0.5) is 11.4 Å². The van der Waals surface area contributed by atoms with Gasteiger partial charge in [0.05, 0.1) is 29.2 Å². The molecule has 2 aromatic carbocycles. The van der Waals surface area contributed by atoms with Crippen molar-refractivity contribution in [2.75, 3.05) is 29.4 Å². The van der Waals surface area contributed by atoms with E-state index in [1.54, 1.807) is 12.1 Å². The van der Waals surface area contributed by atoms with Gasteiger partial charge < -0.3 is 14.7 Å². The Hall–Kier alpha value is -3.40. The number of carboxylic acid groups (broad SMARTS) is 1. The number of nitrogens with zero attached hydrogens (tertiary/aromatic N) is 2. The van der Waals surface area contributed by atoms with E-state index in [0.29, 0.717) is 23.4 Å². The van der Waals surface area contributed by atoms with Gasteiger partial charge in [-0.05, 0) is 54.4 Å². The van der Waals surface area contributed by atoms with Crippen molar-refractivity contribution in [3.8, 4) is 0 Å². The van der Waals surface area contributed by atoms with Crippen LogP contribution >= 0.6 is 0 Å². The monoisotopic (exact) mass is 444 g/mol. The molecule has 2 aromatic rings. The fourth-order valence-corrected chi connectivity index (χ4v) is 5.42. The van der Waals surface area contributed by atoms with E-state index in [4.69, 9.17) is 9.84 Å². The molecule has 162 valence electrons. The van der Waals surface area contributed by atoms with Gasteiger partial charge in [0, 0.05) is 25.2 Å². The van der Waals surface area contributed by atoms with Crippen LogP contribution in [0.5, 0.6) is 0 Å². The van der Waals surface area contributed by atoms with E-state index in [2.05, 4.69) is 0 Å². The van der Waals surface area contributed by atoms with E-state index < -0.39 is 27.9 Å². The number of benzene rings is 2. The summed E-state index contributed by atoms with van der Waals surface area (Å²) in [5.74, 6) is -2.59. The third-order valence-electron chi connectivity index (χ3n) is 5.56. The fraction of sp³-hybridized carbons (Fsp3) is 0.286. The highest BCUT2D eigenvalue weighted by molar-refractivity contribution is 7.92. The number of carbonyl (C=O) groups excluding carboxylic acids is 2. The third kappa shape index (κ3) is 3.63. The van der Waals surface area contributed by atoms with Crippen molar-refractivity contribution in [2.24, 2.45) is 5.92 Å². The molecule has 0 aromatic heterocycles. The lowest BCUT2D eigenvalue weighted by Gasteiger charge is -2.21. The zero-order chi connectivity index (χ0) is 22.3. The largest absolute Gasteiger partial charge is 0.481 e. The summed E-state index contributed by atoms with van der Waals surface area (Å²) in [5.41, 5.74) is 2.07. The van der Waals surface area contributed by atoms with E-state index in [1.807, 2.05) is 0 Å². The Kier molecular flexibility index (Phi) is 5.18. The van der Waals surface area contributed by atoms with Gasteiger partial charge in [0.1, 0.15) is 0 Å². The lowest BCUT2D eigenvalue weighted by atomic mass is 10.1. The zero-order valence-corrected chi connectivity index (χ0v) is 17.5. The summed E-state index contributed by atoms with van der Waals surface area (Å²) in [6.07, 6.45) is 0.393. The minimum absolute atomic E-state index is 0.0578. The van der Waals surface area contributed by atoms with Crippen LogP contribution in [0.1, 0.15) is 22.3 Å². The molecule has 1 N–H and O–H groups in total. The molecule has 0 bridgehead atoms. The van der Waals surface area contributed by atoms with Gasteiger partial charge in [-0.15, -0.1) is 0 Å². The summed E-state index contributed by atoms with van der Waals surface area (Å²) in [7, 11) is -2.56. The van der Waals surface area contributed by atoms with Crippen molar-refractivity contribution >= 4 is 39.2 Å². The molecule has 2 aliphatic heterocycles. The van der Waals surface area contributed by atoms with Crippen molar-refractivity contribution in [2.45, 2.75) is 17.7 Å². The Morgan fingerprint density at radius 3 is 2.45 bits per heavy atom. The third-order valence-corrected chi connectivity index (χ3v) is 7.39. The van der Waals surface area contributed by atoms with Crippen LogP contribution < -0.4 is 9.21 Å². The maximum Gasteiger partial charge on any atom is 0.337 e. The van der Waals surface area contributed by atoms with Crippen LogP contribution in [0, 0.1) is 5.92 Å². The predicted molar refractivity (Wildman–Crippen MR) is 111 cm³/mol. The van der Waals surface area contributed by atoms with Gasteiger partial charge in [-0.2, -0.15) is 0 Å². The van der Waals surface area contributed by atoms with Gasteiger partial charge in [-0.3, -0.25) is 13.9 Å². The molecule has 1 unspecified atom stereocenters. The Bertz CT molecular complexity index is 1170. The highest BCUT2D eigenvalue weighted by Gasteiger charge is 2.36. The first-order chi connectivity index (χ1) is 14.7. The summed E-state index contributed by atoms with van der Waals surface area (Å²) in [4.78, 5) is 36.4. The summed E-state index contributed by atoms with van der Waals surface area (Å²) < 4.78 is 32.4. The molecule has 0 aliphatic carbocycles. The smallest absolute Gasteiger partial charge is 0.337 e. The summed E-state index contributed by atoms with van der Waals surface area (Å²) >= 11 is 0. The first kappa shape index (κ1) is 20.9. The lowest BCUT2D eigenvalue weighted by Crippen LogP contribution is -2.29. The number of sulfonamides is 1. The molecular formula is C21H20N2O7S. The highest BCUT2D eigenvalue weighted by atomic mass is 32.2. The maximum atomic E-state index is 13.2. The van der Waals surface area contributed by atoms with Crippen molar-refractivity contribution in [1.82, 2.24) is 0 Å². The Morgan fingerprint density at radius 1 is 1.13 bits per heavy atom. The van der Waals surface area contributed by atoms with Crippen molar-refractivity contribution in [1.29, 1.82) is 0 Å². The van der Waals surface area contributed by atoms with Gasteiger partial charge in [0.2, 0.25) is 5.91 Å². The van der Waals surface area contributed by atoms with Crippen LogP contribution in [0.3, 0.4) is 0 Å². The Labute approximate surface area is 178 Å².